The van der Waals surface area contributed by atoms with Crippen LogP contribution in [-0.4, -0.2) is 29.8 Å². The number of alkyl halides is 3. The number of anilines is 2. The molecule has 12 heteroatoms. The van der Waals surface area contributed by atoms with Crippen molar-refractivity contribution in [1.29, 1.82) is 0 Å². The summed E-state index contributed by atoms with van der Waals surface area (Å²) < 4.78 is 44.5. The summed E-state index contributed by atoms with van der Waals surface area (Å²) in [5, 5.41) is 6.83. The van der Waals surface area contributed by atoms with E-state index in [9.17, 15) is 27.6 Å². The molecule has 0 bridgehead atoms. The second kappa shape index (κ2) is 12.5. The zero-order valence-corrected chi connectivity index (χ0v) is 20.1. The van der Waals surface area contributed by atoms with Gasteiger partial charge in [0.1, 0.15) is 23.0 Å². The average molecular weight is 523 g/mol. The molecule has 0 saturated carbocycles. The Morgan fingerprint density at radius 3 is 2.06 bits per heavy atom. The molecule has 0 atom stereocenters. The third-order valence-corrected chi connectivity index (χ3v) is 4.40. The van der Waals surface area contributed by atoms with Crippen molar-refractivity contribution in [2.24, 2.45) is 0 Å². The third-order valence-electron chi connectivity index (χ3n) is 4.07. The van der Waals surface area contributed by atoms with Gasteiger partial charge in [-0.2, -0.15) is 13.2 Å². The molecule has 0 saturated heterocycles. The molecule has 2 aromatic carbocycles. The zero-order valence-electron chi connectivity index (χ0n) is 19.4. The number of rotatable bonds is 5. The highest BCUT2D eigenvalue weighted by atomic mass is 35.5. The first-order valence-corrected chi connectivity index (χ1v) is 10.6. The van der Waals surface area contributed by atoms with E-state index in [2.05, 4.69) is 20.9 Å². The Bertz CT molecular complexity index is 1230. The number of nitrogens with zero attached hydrogens (tertiary/aromatic N) is 1. The molecule has 0 spiro atoms. The molecule has 36 heavy (non-hydrogen) atoms. The summed E-state index contributed by atoms with van der Waals surface area (Å²) in [6.07, 6.45) is -3.21. The number of carbonyl (C=O) groups excluding carboxylic acids is 3. The molecule has 190 valence electrons. The smallest absolute Gasteiger partial charge is 0.417 e. The molecule has 3 amide bonds. The highest BCUT2D eigenvalue weighted by Gasteiger charge is 2.33. The van der Waals surface area contributed by atoms with E-state index in [0.29, 0.717) is 17.2 Å². The Morgan fingerprint density at radius 1 is 0.889 bits per heavy atom. The van der Waals surface area contributed by atoms with Crippen molar-refractivity contribution in [2.75, 3.05) is 17.7 Å². The maximum Gasteiger partial charge on any atom is 0.417 e. The fourth-order valence-electron chi connectivity index (χ4n) is 2.58. The number of carbonyl (C=O) groups is 3. The van der Waals surface area contributed by atoms with E-state index >= 15 is 0 Å². The summed E-state index contributed by atoms with van der Waals surface area (Å²) in [6, 6.07) is 11.6. The number of aromatic nitrogens is 1. The van der Waals surface area contributed by atoms with Crippen LogP contribution in [0, 0.1) is 0 Å². The highest BCUT2D eigenvalue weighted by Crippen LogP contribution is 2.36. The van der Waals surface area contributed by atoms with Crippen molar-refractivity contribution in [3.63, 3.8) is 0 Å². The van der Waals surface area contributed by atoms with Gasteiger partial charge in [-0.3, -0.25) is 9.78 Å². The summed E-state index contributed by atoms with van der Waals surface area (Å²) in [5.41, 5.74) is -0.547. The fourth-order valence-corrected chi connectivity index (χ4v) is 2.81. The number of nitrogens with one attached hydrogen (secondary N) is 3. The molecule has 3 rings (SSSR count). The summed E-state index contributed by atoms with van der Waals surface area (Å²) in [4.78, 5) is 37.1. The number of ketones is 1. The van der Waals surface area contributed by atoms with Gasteiger partial charge in [-0.15, -0.1) is 0 Å². The van der Waals surface area contributed by atoms with Gasteiger partial charge in [-0.25, -0.2) is 4.79 Å². The van der Waals surface area contributed by atoms with Gasteiger partial charge >= 0.3 is 12.2 Å². The van der Waals surface area contributed by atoms with Crippen LogP contribution in [0.3, 0.4) is 0 Å². The van der Waals surface area contributed by atoms with Crippen LogP contribution in [0.15, 0.2) is 60.8 Å². The lowest BCUT2D eigenvalue weighted by atomic mass is 10.2. The third kappa shape index (κ3) is 8.91. The molecule has 0 aliphatic carbocycles. The maximum absolute atomic E-state index is 12.9. The fraction of sp³-hybridized carbons (Fsp3) is 0.167. The number of ether oxygens (including phenoxy) is 1. The molecule has 0 fully saturated rings. The predicted molar refractivity (Wildman–Crippen MR) is 130 cm³/mol. The maximum atomic E-state index is 12.9. The van der Waals surface area contributed by atoms with Gasteiger partial charge in [0.2, 0.25) is 0 Å². The summed E-state index contributed by atoms with van der Waals surface area (Å²) in [6.45, 7) is 3.06. The SMILES string of the molecule is CC(C)=O.CNC(=O)c1cc(Oc2ccc(NC(=O)Nc3ccc(Cl)c(C(F)(F)F)c3)cc2)ccn1. The predicted octanol–water partition coefficient (Wildman–Crippen LogP) is 6.15. The minimum absolute atomic E-state index is 0.0659. The van der Waals surface area contributed by atoms with Crippen molar-refractivity contribution in [3.8, 4) is 11.5 Å². The number of pyridine rings is 1. The topological polar surface area (TPSA) is 109 Å². The van der Waals surface area contributed by atoms with E-state index < -0.39 is 22.8 Å². The first kappa shape index (κ1) is 28.1. The molecular formula is C24H22ClF3N4O4. The molecule has 0 radical (unpaired) electrons. The average Bonchev–Trinajstić information content (AvgIpc) is 2.80. The van der Waals surface area contributed by atoms with Crippen LogP contribution in [0.2, 0.25) is 5.02 Å². The molecule has 3 aromatic rings. The van der Waals surface area contributed by atoms with Crippen LogP contribution in [-0.2, 0) is 11.0 Å². The number of Topliss-reactive ketones (excluding diaryl/α,β-unsaturated/α-hetero) is 1. The van der Waals surface area contributed by atoms with Crippen LogP contribution < -0.4 is 20.7 Å². The van der Waals surface area contributed by atoms with Crippen LogP contribution in [0.1, 0.15) is 29.9 Å². The van der Waals surface area contributed by atoms with Gasteiger partial charge in [-0.1, -0.05) is 11.6 Å². The number of hydrogen-bond acceptors (Lipinski definition) is 5. The first-order valence-electron chi connectivity index (χ1n) is 10.3. The van der Waals surface area contributed by atoms with E-state index in [4.69, 9.17) is 16.3 Å². The Labute approximate surface area is 209 Å². The van der Waals surface area contributed by atoms with Gasteiger partial charge in [0.15, 0.2) is 0 Å². The van der Waals surface area contributed by atoms with Gasteiger partial charge in [-0.05, 0) is 62.4 Å². The van der Waals surface area contributed by atoms with E-state index in [-0.39, 0.29) is 23.1 Å². The number of urea groups is 1. The zero-order chi connectivity index (χ0) is 26.9. The minimum atomic E-state index is -4.64. The largest absolute Gasteiger partial charge is 0.457 e. The molecule has 3 N–H and O–H groups in total. The highest BCUT2D eigenvalue weighted by molar-refractivity contribution is 6.31. The number of halogens is 4. The summed E-state index contributed by atoms with van der Waals surface area (Å²) in [5.74, 6) is 0.627. The van der Waals surface area contributed by atoms with Gasteiger partial charge in [0, 0.05) is 30.7 Å². The lowest BCUT2D eigenvalue weighted by molar-refractivity contribution is -0.137. The van der Waals surface area contributed by atoms with Crippen molar-refractivity contribution >= 4 is 40.7 Å². The molecule has 1 aromatic heterocycles. The number of hydrogen-bond donors (Lipinski definition) is 3. The van der Waals surface area contributed by atoms with Crippen LogP contribution in [0.25, 0.3) is 0 Å². The standard InChI is InChI=1S/C21H16ClF3N4O3.C3H6O/c1-26-19(30)18-11-15(8-9-27-18)32-14-5-2-12(3-6-14)28-20(31)29-13-4-7-17(22)16(10-13)21(23,24)25;1-3(2)4/h2-11H,1H3,(H,26,30)(H2,28,29,31);1-2H3. The lowest BCUT2D eigenvalue weighted by Crippen LogP contribution is -2.19. The van der Waals surface area contributed by atoms with Gasteiger partial charge in [0.05, 0.1) is 10.6 Å². The van der Waals surface area contributed by atoms with Gasteiger partial charge < -0.3 is 25.5 Å². The minimum Gasteiger partial charge on any atom is -0.457 e. The van der Waals surface area contributed by atoms with E-state index in [0.717, 1.165) is 12.1 Å². The second-order valence-electron chi connectivity index (χ2n) is 7.26. The molecule has 0 aliphatic rings. The van der Waals surface area contributed by atoms with Crippen molar-refractivity contribution < 1.29 is 32.3 Å². The van der Waals surface area contributed by atoms with E-state index in [1.54, 1.807) is 30.3 Å². The Morgan fingerprint density at radius 2 is 1.47 bits per heavy atom. The van der Waals surface area contributed by atoms with Crippen molar-refractivity contribution in [3.05, 3.63) is 77.1 Å². The first-order chi connectivity index (χ1) is 16.9. The molecule has 1 heterocycles. The Balaban J connectivity index is 0.00000106. The summed E-state index contributed by atoms with van der Waals surface area (Å²) >= 11 is 5.57. The van der Waals surface area contributed by atoms with Crippen LogP contribution in [0.5, 0.6) is 11.5 Å². The Kier molecular flexibility index (Phi) is 9.80. The lowest BCUT2D eigenvalue weighted by Gasteiger charge is -2.12. The van der Waals surface area contributed by atoms with Crippen molar-refractivity contribution in [2.45, 2.75) is 20.0 Å². The number of amides is 3. The Hall–Kier alpha value is -4.12. The molecular weight excluding hydrogens is 501 g/mol. The quantitative estimate of drug-likeness (QED) is 0.372. The van der Waals surface area contributed by atoms with E-state index in [1.807, 2.05) is 0 Å². The van der Waals surface area contributed by atoms with Crippen LogP contribution in [0.4, 0.5) is 29.3 Å². The van der Waals surface area contributed by atoms with Crippen LogP contribution >= 0.6 is 11.6 Å². The monoisotopic (exact) mass is 522 g/mol. The molecule has 0 aliphatic heterocycles. The molecule has 8 nitrogen and oxygen atoms in total. The molecule has 0 unspecified atom stereocenters. The van der Waals surface area contributed by atoms with E-state index in [1.165, 1.54) is 39.2 Å². The second-order valence-corrected chi connectivity index (χ2v) is 7.67. The summed E-state index contributed by atoms with van der Waals surface area (Å²) in [7, 11) is 1.49. The number of benzene rings is 2. The van der Waals surface area contributed by atoms with Gasteiger partial charge in [0.25, 0.3) is 5.91 Å². The normalized spacial score (nSPS) is 10.4. The van der Waals surface area contributed by atoms with Crippen molar-refractivity contribution in [1.82, 2.24) is 10.3 Å².